The van der Waals surface area contributed by atoms with Gasteiger partial charge < -0.3 is 14.9 Å². The van der Waals surface area contributed by atoms with Crippen LogP contribution in [0, 0.1) is 0 Å². The predicted octanol–water partition coefficient (Wildman–Crippen LogP) is 6.20. The molecule has 0 fully saturated rings. The van der Waals surface area contributed by atoms with Crippen molar-refractivity contribution in [2.24, 2.45) is 0 Å². The molecule has 3 rings (SSSR count). The van der Waals surface area contributed by atoms with Crippen molar-refractivity contribution in [3.8, 4) is 5.69 Å². The summed E-state index contributed by atoms with van der Waals surface area (Å²) in [6.45, 7) is 13.1. The van der Waals surface area contributed by atoms with Gasteiger partial charge in [-0.1, -0.05) is 48.8 Å². The highest BCUT2D eigenvalue weighted by Gasteiger charge is 2.38. The first-order chi connectivity index (χ1) is 15.3. The monoisotopic (exact) mass is 530 g/mol. The number of esters is 1. The minimum absolute atomic E-state index is 0.0837. The highest BCUT2D eigenvalue weighted by Crippen LogP contribution is 2.39. The highest BCUT2D eigenvalue weighted by atomic mass is 79.9. The van der Waals surface area contributed by atoms with Gasteiger partial charge in [0.05, 0.1) is 24.4 Å². The zero-order valence-corrected chi connectivity index (χ0v) is 22.7. The lowest BCUT2D eigenvalue weighted by Crippen LogP contribution is -2.41. The normalized spacial score (nSPS) is 13.2. The van der Waals surface area contributed by atoms with Gasteiger partial charge in [-0.25, -0.2) is 4.79 Å². The van der Waals surface area contributed by atoms with Crippen molar-refractivity contribution in [3.05, 3.63) is 68.4 Å². The molecule has 0 spiro atoms. The average molecular weight is 532 g/mol. The van der Waals surface area contributed by atoms with E-state index in [-0.39, 0.29) is 22.4 Å². The summed E-state index contributed by atoms with van der Waals surface area (Å²) in [5.74, 6) is -0.760. The number of nitrogens with two attached hydrogens (primary N) is 1. The van der Waals surface area contributed by atoms with E-state index in [9.17, 15) is 9.59 Å². The molecule has 0 aliphatic heterocycles. The van der Waals surface area contributed by atoms with Crippen molar-refractivity contribution >= 4 is 46.8 Å². The molecule has 2 N–H and O–H groups in total. The van der Waals surface area contributed by atoms with E-state index in [1.54, 1.807) is 6.07 Å². The van der Waals surface area contributed by atoms with Gasteiger partial charge in [-0.05, 0) is 61.0 Å². The maximum absolute atomic E-state index is 13.4. The number of nitrogens with zero attached hydrogens (tertiary/aromatic N) is 1. The summed E-state index contributed by atoms with van der Waals surface area (Å²) >= 11 is 3.46. The van der Waals surface area contributed by atoms with Crippen LogP contribution in [0.3, 0.4) is 0 Å². The van der Waals surface area contributed by atoms with Gasteiger partial charge in [-0.2, -0.15) is 0 Å². The molecule has 0 bridgehead atoms. The van der Waals surface area contributed by atoms with Crippen LogP contribution in [0.5, 0.6) is 0 Å². The molecule has 0 aliphatic rings. The van der Waals surface area contributed by atoms with Crippen LogP contribution in [0.15, 0.2) is 51.7 Å². The second-order valence-corrected chi connectivity index (χ2v) is 15.4. The fourth-order valence-corrected chi connectivity index (χ4v) is 5.25. The Balaban J connectivity index is 2.13. The Bertz CT molecular complexity index is 1260. The molecular weight excluding hydrogens is 500 g/mol. The zero-order chi connectivity index (χ0) is 24.7. The first-order valence-electron chi connectivity index (χ1n) is 10.8. The maximum Gasteiger partial charge on any atom is 0.345 e. The van der Waals surface area contributed by atoms with Crippen LogP contribution in [0.25, 0.3) is 16.6 Å². The molecule has 0 unspecified atom stereocenters. The second kappa shape index (κ2) is 9.08. The van der Waals surface area contributed by atoms with Crippen LogP contribution in [-0.2, 0) is 9.16 Å². The Labute approximate surface area is 204 Å². The lowest BCUT2D eigenvalue weighted by molar-refractivity contribution is 0.0600. The molecule has 0 aliphatic carbocycles. The first kappa shape index (κ1) is 25.2. The summed E-state index contributed by atoms with van der Waals surface area (Å²) in [4.78, 5) is 25.7. The number of fused-ring (bicyclic) bond motifs is 1. The van der Waals surface area contributed by atoms with Crippen molar-refractivity contribution in [2.45, 2.75) is 51.9 Å². The summed E-state index contributed by atoms with van der Waals surface area (Å²) in [6, 6.07) is 13.0. The van der Waals surface area contributed by atoms with Gasteiger partial charge in [0.15, 0.2) is 8.32 Å². The van der Waals surface area contributed by atoms with Gasteiger partial charge in [0.25, 0.3) is 5.56 Å². The number of aromatic nitrogens is 1. The van der Waals surface area contributed by atoms with Crippen LogP contribution in [0.4, 0.5) is 5.69 Å². The van der Waals surface area contributed by atoms with Crippen molar-refractivity contribution in [2.75, 3.05) is 12.8 Å². The number of nitrogen functional groups attached to an aromatic ring is 1. The largest absolute Gasteiger partial charge is 0.465 e. The Morgan fingerprint density at radius 1 is 1.12 bits per heavy atom. The molecular formula is C25H31BrN2O4Si. The number of rotatable bonds is 5. The van der Waals surface area contributed by atoms with E-state index in [0.29, 0.717) is 16.6 Å². The number of benzene rings is 2. The molecule has 8 heteroatoms. The smallest absolute Gasteiger partial charge is 0.345 e. The molecule has 1 atom stereocenters. The fraction of sp³-hybridized carbons (Fsp3) is 0.360. The number of carbonyl (C=O) groups excluding carboxylic acids is 1. The number of anilines is 1. The number of carbonyl (C=O) groups is 1. The molecule has 1 heterocycles. The van der Waals surface area contributed by atoms with Crippen molar-refractivity contribution in [1.82, 2.24) is 4.57 Å². The van der Waals surface area contributed by atoms with Crippen molar-refractivity contribution in [3.63, 3.8) is 0 Å². The maximum atomic E-state index is 13.4. The summed E-state index contributed by atoms with van der Waals surface area (Å²) in [7, 11) is -0.704. The standard InChI is InChI=1S/C25H31BrN2O4Si/c1-15(32-33(6,7)25(2,3)4)16-8-11-18(12-9-16)28-20-14-17(26)10-13-19(20)22(27)21(23(28)29)24(30)31-5/h8-15H,27H2,1-7H3/t15-/m1/s1. The molecule has 0 saturated heterocycles. The molecule has 0 saturated carbocycles. The van der Waals surface area contributed by atoms with Gasteiger partial charge >= 0.3 is 5.97 Å². The molecule has 1 aromatic heterocycles. The average Bonchev–Trinajstić information content (AvgIpc) is 2.72. The second-order valence-electron chi connectivity index (χ2n) is 9.69. The molecule has 0 radical (unpaired) electrons. The Hall–Kier alpha value is -2.42. The quantitative estimate of drug-likeness (QED) is 0.313. The number of hydrogen-bond donors (Lipinski definition) is 1. The zero-order valence-electron chi connectivity index (χ0n) is 20.2. The van der Waals surface area contributed by atoms with E-state index >= 15 is 0 Å². The lowest BCUT2D eigenvalue weighted by atomic mass is 10.1. The Kier molecular flexibility index (Phi) is 6.93. The SMILES string of the molecule is COC(=O)c1c(N)c2ccc(Br)cc2n(-c2ccc([C@@H](C)O[Si](C)(C)C(C)(C)C)cc2)c1=O. The molecule has 2 aromatic carbocycles. The van der Waals surface area contributed by atoms with Gasteiger partial charge in [0, 0.05) is 15.5 Å². The fourth-order valence-electron chi connectivity index (χ4n) is 3.53. The Morgan fingerprint density at radius 3 is 2.27 bits per heavy atom. The number of halogens is 1. The van der Waals surface area contributed by atoms with E-state index in [0.717, 1.165) is 10.0 Å². The summed E-state index contributed by atoms with van der Waals surface area (Å²) < 4.78 is 13.6. The van der Waals surface area contributed by atoms with E-state index < -0.39 is 19.8 Å². The van der Waals surface area contributed by atoms with Crippen LogP contribution < -0.4 is 11.3 Å². The third kappa shape index (κ3) is 4.78. The highest BCUT2D eigenvalue weighted by molar-refractivity contribution is 9.10. The van der Waals surface area contributed by atoms with E-state index in [2.05, 4.69) is 49.8 Å². The van der Waals surface area contributed by atoms with Gasteiger partial charge in [0.1, 0.15) is 5.56 Å². The van der Waals surface area contributed by atoms with Crippen molar-refractivity contribution in [1.29, 1.82) is 0 Å². The number of pyridine rings is 1. The van der Waals surface area contributed by atoms with Crippen LogP contribution in [0.2, 0.25) is 18.1 Å². The Morgan fingerprint density at radius 2 is 1.73 bits per heavy atom. The minimum Gasteiger partial charge on any atom is -0.465 e. The van der Waals surface area contributed by atoms with Crippen LogP contribution in [-0.4, -0.2) is 26.0 Å². The lowest BCUT2D eigenvalue weighted by Gasteiger charge is -2.38. The third-order valence-corrected chi connectivity index (χ3v) is 11.5. The first-order valence-corrected chi connectivity index (χ1v) is 14.5. The summed E-state index contributed by atoms with van der Waals surface area (Å²) in [5, 5.41) is 0.701. The van der Waals surface area contributed by atoms with Crippen molar-refractivity contribution < 1.29 is 14.0 Å². The number of methoxy groups -OCH3 is 1. The minimum atomic E-state index is -1.94. The van der Waals surface area contributed by atoms with Gasteiger partial charge in [0.2, 0.25) is 0 Å². The summed E-state index contributed by atoms with van der Waals surface area (Å²) in [6.07, 6.45) is -0.0837. The van der Waals surface area contributed by atoms with E-state index in [1.807, 2.05) is 43.3 Å². The topological polar surface area (TPSA) is 83.6 Å². The molecule has 176 valence electrons. The third-order valence-electron chi connectivity index (χ3n) is 6.46. The number of hydrogen-bond acceptors (Lipinski definition) is 5. The van der Waals surface area contributed by atoms with Crippen LogP contribution in [0.1, 0.15) is 49.7 Å². The van der Waals surface area contributed by atoms with E-state index in [4.69, 9.17) is 14.9 Å². The molecule has 0 amide bonds. The number of ether oxygens (including phenoxy) is 1. The predicted molar refractivity (Wildman–Crippen MR) is 140 cm³/mol. The van der Waals surface area contributed by atoms with Gasteiger partial charge in [-0.15, -0.1) is 0 Å². The molecule has 6 nitrogen and oxygen atoms in total. The van der Waals surface area contributed by atoms with E-state index in [1.165, 1.54) is 11.7 Å². The molecule has 33 heavy (non-hydrogen) atoms. The van der Waals surface area contributed by atoms with Gasteiger partial charge in [-0.3, -0.25) is 9.36 Å². The summed E-state index contributed by atoms with van der Waals surface area (Å²) in [5.41, 5.74) is 7.86. The van der Waals surface area contributed by atoms with Crippen LogP contribution >= 0.6 is 15.9 Å². The molecule has 3 aromatic rings.